The third-order valence-corrected chi connectivity index (χ3v) is 4.04. The second-order valence-corrected chi connectivity index (χ2v) is 5.55. The quantitative estimate of drug-likeness (QED) is 0.783. The zero-order chi connectivity index (χ0) is 13.3. The summed E-state index contributed by atoms with van der Waals surface area (Å²) in [6.45, 7) is 0.561. The molecule has 1 heterocycles. The smallest absolute Gasteiger partial charge is 0.254 e. The van der Waals surface area contributed by atoms with E-state index in [1.807, 2.05) is 4.90 Å². The van der Waals surface area contributed by atoms with E-state index >= 15 is 0 Å². The van der Waals surface area contributed by atoms with Gasteiger partial charge in [-0.05, 0) is 38.5 Å². The molecule has 2 aliphatic rings. The van der Waals surface area contributed by atoms with Crippen LogP contribution in [0.25, 0.3) is 0 Å². The summed E-state index contributed by atoms with van der Waals surface area (Å²) in [5.74, 6) is 0.507. The number of carbonyl (C=O) groups is 1. The van der Waals surface area contributed by atoms with E-state index in [0.29, 0.717) is 37.7 Å². The van der Waals surface area contributed by atoms with Crippen LogP contribution in [-0.2, 0) is 11.2 Å². The van der Waals surface area contributed by atoms with Crippen LogP contribution in [0.5, 0.6) is 0 Å². The van der Waals surface area contributed by atoms with Crippen molar-refractivity contribution in [1.29, 1.82) is 0 Å². The van der Waals surface area contributed by atoms with Crippen molar-refractivity contribution in [1.82, 2.24) is 25.5 Å². The number of amides is 1. The largest absolute Gasteiger partial charge is 0.380 e. The van der Waals surface area contributed by atoms with Crippen LogP contribution in [0.2, 0.25) is 0 Å². The molecule has 0 unspecified atom stereocenters. The Morgan fingerprint density at radius 1 is 1.42 bits per heavy atom. The van der Waals surface area contributed by atoms with E-state index in [-0.39, 0.29) is 5.91 Å². The molecule has 2 aliphatic carbocycles. The first-order valence-corrected chi connectivity index (χ1v) is 6.95. The van der Waals surface area contributed by atoms with Crippen LogP contribution in [0.4, 0.5) is 0 Å². The first kappa shape index (κ1) is 12.5. The highest BCUT2D eigenvalue weighted by Gasteiger charge is 2.45. The fourth-order valence-electron chi connectivity index (χ4n) is 2.79. The van der Waals surface area contributed by atoms with Crippen molar-refractivity contribution in [3.63, 3.8) is 0 Å². The summed E-state index contributed by atoms with van der Waals surface area (Å²) in [4.78, 5) is 14.3. The van der Waals surface area contributed by atoms with Crippen LogP contribution < -0.4 is 0 Å². The maximum absolute atomic E-state index is 12.5. The fourth-order valence-corrected chi connectivity index (χ4v) is 2.79. The molecule has 7 nitrogen and oxygen atoms in total. The normalized spacial score (nSPS) is 21.5. The van der Waals surface area contributed by atoms with E-state index in [1.165, 1.54) is 0 Å². The van der Waals surface area contributed by atoms with Gasteiger partial charge in [-0.25, -0.2) is 0 Å². The molecule has 104 valence electrons. The van der Waals surface area contributed by atoms with Crippen LogP contribution in [0.3, 0.4) is 0 Å². The van der Waals surface area contributed by atoms with Gasteiger partial charge in [0.2, 0.25) is 0 Å². The number of aromatic nitrogens is 4. The molecule has 0 aliphatic heterocycles. The summed E-state index contributed by atoms with van der Waals surface area (Å²) in [6, 6.07) is 0.295. The average Bonchev–Trinajstić information content (AvgIpc) is 2.91. The second kappa shape index (κ2) is 4.88. The Morgan fingerprint density at radius 2 is 2.16 bits per heavy atom. The van der Waals surface area contributed by atoms with Crippen molar-refractivity contribution in [2.75, 3.05) is 6.54 Å². The zero-order valence-corrected chi connectivity index (χ0v) is 10.9. The van der Waals surface area contributed by atoms with E-state index in [2.05, 4.69) is 20.6 Å². The summed E-state index contributed by atoms with van der Waals surface area (Å²) in [6.07, 6.45) is 5.71. The average molecular weight is 265 g/mol. The number of carbonyl (C=O) groups excluding carboxylic acids is 1. The van der Waals surface area contributed by atoms with Crippen molar-refractivity contribution >= 4 is 5.91 Å². The van der Waals surface area contributed by atoms with Gasteiger partial charge in [0.05, 0.1) is 0 Å². The van der Waals surface area contributed by atoms with Gasteiger partial charge in [-0.3, -0.25) is 4.79 Å². The van der Waals surface area contributed by atoms with Gasteiger partial charge in [0.25, 0.3) is 5.91 Å². The number of rotatable bonds is 5. The van der Waals surface area contributed by atoms with Crippen molar-refractivity contribution in [3.8, 4) is 0 Å². The Kier molecular flexibility index (Phi) is 3.22. The van der Waals surface area contributed by atoms with Gasteiger partial charge in [-0.15, -0.1) is 10.2 Å². The third kappa shape index (κ3) is 2.60. The molecule has 19 heavy (non-hydrogen) atoms. The van der Waals surface area contributed by atoms with Crippen molar-refractivity contribution < 1.29 is 9.90 Å². The number of hydrogen-bond donors (Lipinski definition) is 2. The van der Waals surface area contributed by atoms with Crippen LogP contribution in [0.1, 0.15) is 44.3 Å². The lowest BCUT2D eigenvalue weighted by Crippen LogP contribution is -2.49. The van der Waals surface area contributed by atoms with Crippen molar-refractivity contribution in [3.05, 3.63) is 5.82 Å². The Hall–Kier alpha value is -1.50. The molecule has 3 rings (SSSR count). The molecule has 0 spiro atoms. The number of nitrogens with zero attached hydrogens (tertiary/aromatic N) is 4. The number of aromatic amines is 1. The van der Waals surface area contributed by atoms with E-state index in [4.69, 9.17) is 0 Å². The molecule has 0 bridgehead atoms. The number of nitrogens with one attached hydrogen (secondary N) is 1. The highest BCUT2D eigenvalue weighted by molar-refractivity contribution is 5.85. The van der Waals surface area contributed by atoms with Crippen LogP contribution in [0.15, 0.2) is 0 Å². The monoisotopic (exact) mass is 265 g/mol. The van der Waals surface area contributed by atoms with E-state index in [9.17, 15) is 9.90 Å². The van der Waals surface area contributed by atoms with Gasteiger partial charge in [-0.2, -0.15) is 5.21 Å². The second-order valence-electron chi connectivity index (χ2n) is 5.55. The molecule has 0 aromatic carbocycles. The van der Waals surface area contributed by atoms with Gasteiger partial charge < -0.3 is 10.0 Å². The topological polar surface area (TPSA) is 95.0 Å². The summed E-state index contributed by atoms with van der Waals surface area (Å²) < 4.78 is 0. The lowest BCUT2D eigenvalue weighted by molar-refractivity contribution is -0.151. The van der Waals surface area contributed by atoms with Gasteiger partial charge in [0, 0.05) is 19.0 Å². The minimum absolute atomic E-state index is 0.101. The molecule has 2 fully saturated rings. The predicted octanol–water partition coefficient (Wildman–Crippen LogP) is 0.0383. The first-order valence-electron chi connectivity index (χ1n) is 6.95. The molecule has 0 radical (unpaired) electrons. The summed E-state index contributed by atoms with van der Waals surface area (Å²) in [5.41, 5.74) is -1.13. The molecule has 0 atom stereocenters. The lowest BCUT2D eigenvalue weighted by atomic mass is 10.0. The molecule has 1 amide bonds. The van der Waals surface area contributed by atoms with Gasteiger partial charge in [0.15, 0.2) is 5.82 Å². The van der Waals surface area contributed by atoms with Crippen molar-refractivity contribution in [2.24, 2.45) is 0 Å². The Balaban J connectivity index is 1.65. The standard InChI is InChI=1S/C12H19N5O2/c18-11(12(19)6-1-2-7-12)17(9-3-4-9)8-5-10-13-15-16-14-10/h9,19H,1-8H2,(H,13,14,15,16). The number of hydrogen-bond acceptors (Lipinski definition) is 5. The molecule has 1 aromatic heterocycles. The van der Waals surface area contributed by atoms with Gasteiger partial charge in [0.1, 0.15) is 5.60 Å². The van der Waals surface area contributed by atoms with Crippen LogP contribution >= 0.6 is 0 Å². The molecular formula is C12H19N5O2. The molecule has 7 heteroatoms. The summed E-state index contributed by atoms with van der Waals surface area (Å²) >= 11 is 0. The molecule has 0 saturated heterocycles. The van der Waals surface area contributed by atoms with E-state index in [0.717, 1.165) is 25.7 Å². The minimum atomic E-state index is -1.13. The maximum atomic E-state index is 12.5. The number of H-pyrrole nitrogens is 1. The molecular weight excluding hydrogens is 246 g/mol. The molecule has 1 aromatic rings. The Morgan fingerprint density at radius 3 is 2.74 bits per heavy atom. The SMILES string of the molecule is O=C(N(CCc1nn[nH]n1)C1CC1)C1(O)CCCC1. The third-order valence-electron chi connectivity index (χ3n) is 4.04. The van der Waals surface area contributed by atoms with Crippen LogP contribution in [0, 0.1) is 0 Å². The van der Waals surface area contributed by atoms with Gasteiger partial charge in [-0.1, -0.05) is 5.21 Å². The van der Waals surface area contributed by atoms with E-state index in [1.54, 1.807) is 0 Å². The highest BCUT2D eigenvalue weighted by Crippen LogP contribution is 2.35. The minimum Gasteiger partial charge on any atom is -0.380 e. The summed E-state index contributed by atoms with van der Waals surface area (Å²) in [7, 11) is 0. The molecule has 2 saturated carbocycles. The summed E-state index contributed by atoms with van der Waals surface area (Å²) in [5, 5.41) is 24.1. The number of tetrazole rings is 1. The maximum Gasteiger partial charge on any atom is 0.254 e. The van der Waals surface area contributed by atoms with Crippen molar-refractivity contribution in [2.45, 2.75) is 56.6 Å². The number of aliphatic hydroxyl groups is 1. The fraction of sp³-hybridized carbons (Fsp3) is 0.833. The lowest BCUT2D eigenvalue weighted by Gasteiger charge is -2.30. The predicted molar refractivity (Wildman–Crippen MR) is 66.0 cm³/mol. The Labute approximate surface area is 111 Å². The highest BCUT2D eigenvalue weighted by atomic mass is 16.3. The first-order chi connectivity index (χ1) is 9.19. The Bertz CT molecular complexity index is 437. The van der Waals surface area contributed by atoms with Crippen LogP contribution in [-0.4, -0.2) is 54.7 Å². The van der Waals surface area contributed by atoms with E-state index < -0.39 is 5.60 Å². The zero-order valence-electron chi connectivity index (χ0n) is 10.9. The van der Waals surface area contributed by atoms with Gasteiger partial charge >= 0.3 is 0 Å². The molecule has 2 N–H and O–H groups in total.